The van der Waals surface area contributed by atoms with Crippen molar-refractivity contribution in [2.45, 2.75) is 38.4 Å². The van der Waals surface area contributed by atoms with E-state index < -0.39 is 6.04 Å². The van der Waals surface area contributed by atoms with Crippen molar-refractivity contribution in [1.82, 2.24) is 19.9 Å². The van der Waals surface area contributed by atoms with Crippen LogP contribution in [-0.4, -0.2) is 27.5 Å². The maximum Gasteiger partial charge on any atom is 0.294 e. The summed E-state index contributed by atoms with van der Waals surface area (Å²) in [4.78, 5) is 37.8. The maximum atomic E-state index is 13.8. The van der Waals surface area contributed by atoms with E-state index in [4.69, 9.17) is 5.73 Å². The molecule has 6 rings (SSSR count). The summed E-state index contributed by atoms with van der Waals surface area (Å²) in [6.07, 6.45) is 2.92. The summed E-state index contributed by atoms with van der Waals surface area (Å²) in [5.74, 6) is 0.590. The normalized spacial score (nSPS) is 15.7. The zero-order valence-electron chi connectivity index (χ0n) is 20.8. The van der Waals surface area contributed by atoms with Gasteiger partial charge in [-0.1, -0.05) is 54.6 Å². The number of pyridine rings is 1. The average molecular weight is 493 g/mol. The monoisotopic (exact) mass is 492 g/mol. The number of carbonyl (C=O) groups is 1. The molecular formula is C29H28N6O2. The summed E-state index contributed by atoms with van der Waals surface area (Å²) in [5, 5.41) is 2.99. The highest BCUT2D eigenvalue weighted by molar-refractivity contribution is 5.81. The van der Waals surface area contributed by atoms with Crippen molar-refractivity contribution in [2.24, 2.45) is 0 Å². The molecule has 1 aliphatic heterocycles. The van der Waals surface area contributed by atoms with Gasteiger partial charge >= 0.3 is 0 Å². The Morgan fingerprint density at radius 3 is 2.43 bits per heavy atom. The smallest absolute Gasteiger partial charge is 0.294 e. The molecule has 3 N–H and O–H groups in total. The quantitative estimate of drug-likeness (QED) is 0.441. The summed E-state index contributed by atoms with van der Waals surface area (Å²) in [7, 11) is 1.90. The van der Waals surface area contributed by atoms with Crippen LogP contribution in [-0.2, 0) is 17.8 Å². The predicted octanol–water partition coefficient (Wildman–Crippen LogP) is 3.54. The number of amides is 1. The van der Waals surface area contributed by atoms with E-state index in [0.29, 0.717) is 31.0 Å². The summed E-state index contributed by atoms with van der Waals surface area (Å²) in [6.45, 7) is 2.19. The lowest BCUT2D eigenvalue weighted by molar-refractivity contribution is -0.124. The first kappa shape index (κ1) is 23.0. The highest BCUT2D eigenvalue weighted by atomic mass is 16.2. The Hall–Kier alpha value is -4.46. The zero-order chi connectivity index (χ0) is 25.7. The van der Waals surface area contributed by atoms with Gasteiger partial charge in [0.2, 0.25) is 5.91 Å². The van der Waals surface area contributed by atoms with Gasteiger partial charge in [-0.15, -0.1) is 0 Å². The van der Waals surface area contributed by atoms with Crippen LogP contribution in [0.15, 0.2) is 71.7 Å². The number of hydrogen-bond donors (Lipinski definition) is 2. The Bertz CT molecular complexity index is 1550. The SMILES string of the molecule is Cc1nc(N)ccc1CNC(=O)[C@@H]1CCc2cnc(N(C)C3c4ccccc4-c4ccccc43)c(=O)n21. The number of aryl methyl sites for hydroxylation is 2. The van der Waals surface area contributed by atoms with E-state index >= 15 is 0 Å². The first-order chi connectivity index (χ1) is 17.9. The number of nitrogens with one attached hydrogen (secondary N) is 1. The van der Waals surface area contributed by atoms with Crippen LogP contribution in [0.2, 0.25) is 0 Å². The van der Waals surface area contributed by atoms with E-state index in [1.54, 1.807) is 16.8 Å². The van der Waals surface area contributed by atoms with Gasteiger partial charge in [0.15, 0.2) is 5.82 Å². The van der Waals surface area contributed by atoms with Gasteiger partial charge in [-0.2, -0.15) is 0 Å². The molecule has 1 aliphatic carbocycles. The van der Waals surface area contributed by atoms with Crippen LogP contribution >= 0.6 is 0 Å². The Labute approximate surface area is 214 Å². The Balaban J connectivity index is 1.31. The van der Waals surface area contributed by atoms with Crippen molar-refractivity contribution in [2.75, 3.05) is 17.7 Å². The number of aromatic nitrogens is 3. The average Bonchev–Trinajstić information content (AvgIpc) is 3.48. The van der Waals surface area contributed by atoms with Crippen molar-refractivity contribution in [3.63, 3.8) is 0 Å². The third-order valence-corrected chi connectivity index (χ3v) is 7.54. The lowest BCUT2D eigenvalue weighted by Crippen LogP contribution is -2.38. The second-order valence-electron chi connectivity index (χ2n) is 9.69. The third kappa shape index (κ3) is 3.76. The number of nitrogens with zero attached hydrogens (tertiary/aromatic N) is 4. The number of benzene rings is 2. The standard InChI is InChI=1S/C29H28N6O2/c1-17-18(11-14-25(30)33-17)15-32-28(36)24-13-12-19-16-31-27(29(37)35(19)24)34(2)26-22-9-5-3-7-20(22)21-8-4-6-10-23(21)26/h3-11,14,16,24,26H,12-13,15H2,1-2H3,(H2,30,33)(H,32,36)/t24-/m0/s1. The summed E-state index contributed by atoms with van der Waals surface area (Å²) >= 11 is 0. The largest absolute Gasteiger partial charge is 0.384 e. The third-order valence-electron chi connectivity index (χ3n) is 7.54. The fourth-order valence-electron chi connectivity index (χ4n) is 5.69. The van der Waals surface area contributed by atoms with Gasteiger partial charge in [0.05, 0.1) is 6.04 Å². The molecule has 8 heteroatoms. The van der Waals surface area contributed by atoms with Gasteiger partial charge in [-0.05, 0) is 53.6 Å². The van der Waals surface area contributed by atoms with E-state index in [-0.39, 0.29) is 17.5 Å². The molecule has 1 atom stereocenters. The Morgan fingerprint density at radius 1 is 1.08 bits per heavy atom. The van der Waals surface area contributed by atoms with Crippen LogP contribution in [0.25, 0.3) is 11.1 Å². The molecule has 2 aromatic heterocycles. The lowest BCUT2D eigenvalue weighted by atomic mass is 10.0. The van der Waals surface area contributed by atoms with Crippen LogP contribution in [0, 0.1) is 6.92 Å². The van der Waals surface area contributed by atoms with E-state index in [1.165, 1.54) is 11.1 Å². The first-order valence-electron chi connectivity index (χ1n) is 12.4. The van der Waals surface area contributed by atoms with Gasteiger partial charge in [0.1, 0.15) is 11.9 Å². The molecule has 2 aromatic carbocycles. The lowest BCUT2D eigenvalue weighted by Gasteiger charge is -2.28. The topological polar surface area (TPSA) is 106 Å². The molecule has 0 fully saturated rings. The van der Waals surface area contributed by atoms with Crippen LogP contribution in [0.5, 0.6) is 0 Å². The van der Waals surface area contributed by atoms with Crippen molar-refractivity contribution < 1.29 is 4.79 Å². The van der Waals surface area contributed by atoms with Crippen molar-refractivity contribution >= 4 is 17.5 Å². The Morgan fingerprint density at radius 2 is 1.76 bits per heavy atom. The van der Waals surface area contributed by atoms with Gasteiger partial charge < -0.3 is 16.0 Å². The van der Waals surface area contributed by atoms with Crippen molar-refractivity contribution in [3.8, 4) is 11.1 Å². The molecular weight excluding hydrogens is 464 g/mol. The maximum absolute atomic E-state index is 13.8. The minimum atomic E-state index is -0.581. The molecule has 1 amide bonds. The zero-order valence-corrected chi connectivity index (χ0v) is 20.8. The molecule has 0 radical (unpaired) electrons. The summed E-state index contributed by atoms with van der Waals surface area (Å²) in [6, 6.07) is 19.4. The summed E-state index contributed by atoms with van der Waals surface area (Å²) < 4.78 is 1.62. The van der Waals surface area contributed by atoms with E-state index in [1.807, 2.05) is 49.2 Å². The molecule has 0 spiro atoms. The van der Waals surface area contributed by atoms with E-state index in [0.717, 1.165) is 28.1 Å². The Kier molecular flexibility index (Phi) is 5.52. The van der Waals surface area contributed by atoms with E-state index in [2.05, 4.69) is 39.6 Å². The fourth-order valence-corrected chi connectivity index (χ4v) is 5.69. The predicted molar refractivity (Wildman–Crippen MR) is 143 cm³/mol. The van der Waals surface area contributed by atoms with Crippen LogP contribution < -0.4 is 21.5 Å². The molecule has 186 valence electrons. The van der Waals surface area contributed by atoms with Crippen molar-refractivity contribution in [1.29, 1.82) is 0 Å². The van der Waals surface area contributed by atoms with Gasteiger partial charge in [-0.25, -0.2) is 9.97 Å². The molecule has 4 aromatic rings. The van der Waals surface area contributed by atoms with Crippen molar-refractivity contribution in [3.05, 3.63) is 105 Å². The molecule has 37 heavy (non-hydrogen) atoms. The fraction of sp³-hybridized carbons (Fsp3) is 0.241. The number of fused-ring (bicyclic) bond motifs is 4. The number of nitrogen functional groups attached to an aromatic ring is 1. The molecule has 8 nitrogen and oxygen atoms in total. The van der Waals surface area contributed by atoms with Gasteiger partial charge in [0.25, 0.3) is 5.56 Å². The second kappa shape index (κ2) is 8.89. The minimum Gasteiger partial charge on any atom is -0.384 e. The number of rotatable bonds is 5. The van der Waals surface area contributed by atoms with Crippen LogP contribution in [0.1, 0.15) is 46.6 Å². The summed E-state index contributed by atoms with van der Waals surface area (Å²) in [5.41, 5.74) is 12.6. The highest BCUT2D eigenvalue weighted by Crippen LogP contribution is 2.46. The van der Waals surface area contributed by atoms with Gasteiger partial charge in [-0.3, -0.25) is 14.2 Å². The van der Waals surface area contributed by atoms with Gasteiger partial charge in [0, 0.05) is 31.2 Å². The first-order valence-corrected chi connectivity index (χ1v) is 12.4. The van der Waals surface area contributed by atoms with E-state index in [9.17, 15) is 9.59 Å². The molecule has 0 bridgehead atoms. The number of nitrogens with two attached hydrogens (primary N) is 1. The number of anilines is 2. The van der Waals surface area contributed by atoms with Crippen LogP contribution in [0.4, 0.5) is 11.6 Å². The molecule has 0 saturated heterocycles. The second-order valence-corrected chi connectivity index (χ2v) is 9.69. The highest BCUT2D eigenvalue weighted by Gasteiger charge is 2.35. The molecule has 0 saturated carbocycles. The molecule has 3 heterocycles. The molecule has 0 unspecified atom stereocenters. The van der Waals surface area contributed by atoms with Crippen LogP contribution in [0.3, 0.4) is 0 Å². The minimum absolute atomic E-state index is 0.138. The molecule has 2 aliphatic rings. The number of carbonyl (C=O) groups excluding carboxylic acids is 1. The number of hydrogen-bond acceptors (Lipinski definition) is 6.